The lowest BCUT2D eigenvalue weighted by Gasteiger charge is -2.13. The van der Waals surface area contributed by atoms with Crippen molar-refractivity contribution in [2.24, 2.45) is 0 Å². The van der Waals surface area contributed by atoms with Gasteiger partial charge in [-0.2, -0.15) is 0 Å². The van der Waals surface area contributed by atoms with Crippen molar-refractivity contribution in [1.82, 2.24) is 0 Å². The highest BCUT2D eigenvalue weighted by Gasteiger charge is 2.09. The first kappa shape index (κ1) is 12.9. The Hall–Kier alpha value is -1.16. The third kappa shape index (κ3) is 2.92. The molecule has 0 bridgehead atoms. The first-order valence-corrected chi connectivity index (χ1v) is 6.71. The van der Waals surface area contributed by atoms with Gasteiger partial charge in [-0.15, -0.1) is 0 Å². The van der Waals surface area contributed by atoms with Crippen molar-refractivity contribution in [2.75, 3.05) is 12.4 Å². The van der Waals surface area contributed by atoms with Gasteiger partial charge in [0.05, 0.1) is 9.79 Å². The molecule has 0 atom stereocenters. The minimum atomic E-state index is -4.81. The summed E-state index contributed by atoms with van der Waals surface area (Å²) in [5, 5.41) is 2.45. The number of rotatable bonds is 3. The standard InChI is InChI=1S/C7H9NO6S2/c1-8-5-2-6(15(9,10)11)4-7(3-5)16(12,13)14/h2-4,8H,1H3,(H,9,10,11)(H,12,13,14)/p-2. The van der Waals surface area contributed by atoms with Gasteiger partial charge in [-0.1, -0.05) is 0 Å². The van der Waals surface area contributed by atoms with Gasteiger partial charge in [0.1, 0.15) is 20.2 Å². The van der Waals surface area contributed by atoms with Crippen LogP contribution in [0, 0.1) is 0 Å². The fourth-order valence-corrected chi connectivity index (χ4v) is 2.16. The molecule has 0 heterocycles. The number of hydrogen-bond acceptors (Lipinski definition) is 7. The summed E-state index contributed by atoms with van der Waals surface area (Å²) in [4.78, 5) is -1.54. The van der Waals surface area contributed by atoms with Crippen LogP contribution in [0.15, 0.2) is 28.0 Å². The summed E-state index contributed by atoms with van der Waals surface area (Å²) in [7, 11) is -8.24. The lowest BCUT2D eigenvalue weighted by Crippen LogP contribution is -2.05. The van der Waals surface area contributed by atoms with Crippen LogP contribution in [-0.4, -0.2) is 33.0 Å². The molecule has 0 amide bonds. The van der Waals surface area contributed by atoms with Crippen molar-refractivity contribution < 1.29 is 25.9 Å². The maximum atomic E-state index is 10.7. The average Bonchev–Trinajstić information content (AvgIpc) is 2.14. The van der Waals surface area contributed by atoms with Crippen molar-refractivity contribution in [3.63, 3.8) is 0 Å². The van der Waals surface area contributed by atoms with Gasteiger partial charge in [0, 0.05) is 12.7 Å². The molecule has 0 spiro atoms. The highest BCUT2D eigenvalue weighted by molar-refractivity contribution is 7.86. The molecule has 1 aromatic carbocycles. The molecule has 0 aromatic heterocycles. The number of anilines is 1. The number of nitrogens with one attached hydrogen (secondary N) is 1. The van der Waals surface area contributed by atoms with E-state index >= 15 is 0 Å². The van der Waals surface area contributed by atoms with E-state index in [2.05, 4.69) is 5.32 Å². The first-order chi connectivity index (χ1) is 7.14. The van der Waals surface area contributed by atoms with Crippen LogP contribution in [0.25, 0.3) is 0 Å². The van der Waals surface area contributed by atoms with E-state index in [0.29, 0.717) is 6.07 Å². The summed E-state index contributed by atoms with van der Waals surface area (Å²) < 4.78 is 64.2. The molecule has 0 aliphatic heterocycles. The highest BCUT2D eigenvalue weighted by atomic mass is 32.2. The van der Waals surface area contributed by atoms with Crippen LogP contribution in [0.1, 0.15) is 0 Å². The van der Waals surface area contributed by atoms with Crippen LogP contribution in [-0.2, 0) is 20.2 Å². The Morgan fingerprint density at radius 2 is 1.31 bits per heavy atom. The molecule has 0 saturated carbocycles. The van der Waals surface area contributed by atoms with Crippen LogP contribution in [0.5, 0.6) is 0 Å². The molecule has 1 aromatic rings. The van der Waals surface area contributed by atoms with E-state index in [1.807, 2.05) is 0 Å². The SMILES string of the molecule is CNc1cc(S(=O)(=O)[O-])cc(S(=O)(=O)[O-])c1. The van der Waals surface area contributed by atoms with Gasteiger partial charge < -0.3 is 14.4 Å². The summed E-state index contributed by atoms with van der Waals surface area (Å²) in [6, 6.07) is 2.42. The third-order valence-corrected chi connectivity index (χ3v) is 3.37. The Bertz CT molecular complexity index is 554. The zero-order valence-corrected chi connectivity index (χ0v) is 9.63. The Labute approximate surface area is 92.6 Å². The Balaban J connectivity index is 3.58. The van der Waals surface area contributed by atoms with Crippen molar-refractivity contribution in [2.45, 2.75) is 9.79 Å². The molecule has 7 nitrogen and oxygen atoms in total. The second kappa shape index (κ2) is 4.01. The second-order valence-electron chi connectivity index (χ2n) is 2.85. The lowest BCUT2D eigenvalue weighted by molar-refractivity contribution is 0.461. The lowest BCUT2D eigenvalue weighted by atomic mass is 10.3. The quantitative estimate of drug-likeness (QED) is 0.732. The predicted octanol–water partition coefficient (Wildman–Crippen LogP) is -0.464. The minimum absolute atomic E-state index is 0.0475. The first-order valence-electron chi connectivity index (χ1n) is 3.89. The van der Waals surface area contributed by atoms with Crippen LogP contribution < -0.4 is 5.32 Å². The third-order valence-electron chi connectivity index (χ3n) is 1.75. The molecule has 90 valence electrons. The molecule has 1 rings (SSSR count). The van der Waals surface area contributed by atoms with Crippen LogP contribution in [0.4, 0.5) is 5.69 Å². The zero-order valence-electron chi connectivity index (χ0n) is 8.00. The summed E-state index contributed by atoms with van der Waals surface area (Å²) in [6.45, 7) is 0. The van der Waals surface area contributed by atoms with Crippen LogP contribution in [0.3, 0.4) is 0 Å². The van der Waals surface area contributed by atoms with Crippen molar-refractivity contribution >= 4 is 25.9 Å². The van der Waals surface area contributed by atoms with Gasteiger partial charge in [0.2, 0.25) is 0 Å². The van der Waals surface area contributed by atoms with E-state index in [1.54, 1.807) is 0 Å². The molecule has 9 heteroatoms. The molecule has 1 N–H and O–H groups in total. The molecule has 0 aliphatic rings. The van der Waals surface area contributed by atoms with E-state index in [9.17, 15) is 25.9 Å². The van der Waals surface area contributed by atoms with E-state index < -0.39 is 30.0 Å². The Morgan fingerprint density at radius 3 is 1.56 bits per heavy atom. The van der Waals surface area contributed by atoms with Crippen molar-refractivity contribution in [1.29, 1.82) is 0 Å². The van der Waals surface area contributed by atoms with Gasteiger partial charge in [0.25, 0.3) is 0 Å². The Kier molecular flexibility index (Phi) is 3.24. The van der Waals surface area contributed by atoms with Gasteiger partial charge in [-0.05, 0) is 18.2 Å². The molecule has 16 heavy (non-hydrogen) atoms. The monoisotopic (exact) mass is 265 g/mol. The fraction of sp³-hybridized carbons (Fsp3) is 0.143. The predicted molar refractivity (Wildman–Crippen MR) is 51.9 cm³/mol. The van der Waals surface area contributed by atoms with E-state index in [4.69, 9.17) is 0 Å². The largest absolute Gasteiger partial charge is 0.744 e. The molecule has 0 unspecified atom stereocenters. The molecule has 0 saturated heterocycles. The normalized spacial score (nSPS) is 12.4. The fourth-order valence-electron chi connectivity index (χ4n) is 1.00. The average molecular weight is 265 g/mol. The molecule has 0 aliphatic carbocycles. The van der Waals surface area contributed by atoms with Crippen molar-refractivity contribution in [3.05, 3.63) is 18.2 Å². The zero-order chi connectivity index (χ0) is 12.6. The van der Waals surface area contributed by atoms with Crippen LogP contribution >= 0.6 is 0 Å². The summed E-state index contributed by atoms with van der Waals surface area (Å²) in [5.74, 6) is 0. The van der Waals surface area contributed by atoms with Gasteiger partial charge in [0.15, 0.2) is 0 Å². The second-order valence-corrected chi connectivity index (χ2v) is 5.61. The maximum Gasteiger partial charge on any atom is 0.124 e. The van der Waals surface area contributed by atoms with Crippen molar-refractivity contribution in [3.8, 4) is 0 Å². The summed E-state index contributed by atoms with van der Waals surface area (Å²) >= 11 is 0. The van der Waals surface area contributed by atoms with E-state index in [0.717, 1.165) is 12.1 Å². The maximum absolute atomic E-state index is 10.7. The summed E-state index contributed by atoms with van der Waals surface area (Å²) in [6.07, 6.45) is 0. The highest BCUT2D eigenvalue weighted by Crippen LogP contribution is 2.21. The molecular weight excluding hydrogens is 258 g/mol. The van der Waals surface area contributed by atoms with Gasteiger partial charge in [-0.3, -0.25) is 0 Å². The number of hydrogen-bond donors (Lipinski definition) is 1. The van der Waals surface area contributed by atoms with Crippen LogP contribution in [0.2, 0.25) is 0 Å². The minimum Gasteiger partial charge on any atom is -0.744 e. The van der Waals surface area contributed by atoms with Gasteiger partial charge in [-0.25, -0.2) is 16.8 Å². The molecule has 0 radical (unpaired) electrons. The van der Waals surface area contributed by atoms with E-state index in [1.165, 1.54) is 7.05 Å². The summed E-state index contributed by atoms with van der Waals surface area (Å²) in [5.41, 5.74) is 0.0475. The topological polar surface area (TPSA) is 126 Å². The van der Waals surface area contributed by atoms with E-state index in [-0.39, 0.29) is 5.69 Å². The van der Waals surface area contributed by atoms with Gasteiger partial charge >= 0.3 is 0 Å². The molecule has 0 fully saturated rings. The molecular formula is C7H7NO6S2-2. The number of benzene rings is 1. The smallest absolute Gasteiger partial charge is 0.124 e. The Morgan fingerprint density at radius 1 is 0.938 bits per heavy atom.